The molecule has 0 bridgehead atoms. The van der Waals surface area contributed by atoms with Crippen molar-refractivity contribution in [2.75, 3.05) is 13.2 Å². The Balaban J connectivity index is 0. The quantitative estimate of drug-likeness (QED) is 0.658. The summed E-state index contributed by atoms with van der Waals surface area (Å²) < 4.78 is 5.13. The molecule has 0 aliphatic rings. The number of carbonyl (C=O) groups is 1. The van der Waals surface area contributed by atoms with Crippen LogP contribution in [0, 0.1) is 0 Å². The Hall–Kier alpha value is -0.610. The minimum absolute atomic E-state index is 0.108. The normalized spacial score (nSPS) is 10.1. The standard InChI is InChI=1S/C6H14O2.C2H4O2/c1-6(2,3)8-5-4-7;1-2(3)4/h7H,4-5H2,1-3H3;1H3,(H,3,4). The zero-order valence-electron chi connectivity index (χ0n) is 8.13. The maximum absolute atomic E-state index is 9.00. The lowest BCUT2D eigenvalue weighted by molar-refractivity contribution is -0.134. The van der Waals surface area contributed by atoms with E-state index < -0.39 is 5.97 Å². The number of aliphatic hydroxyl groups is 1. The molecule has 0 aromatic rings. The van der Waals surface area contributed by atoms with Gasteiger partial charge in [-0.15, -0.1) is 0 Å². The fraction of sp³-hybridized carbons (Fsp3) is 0.875. The van der Waals surface area contributed by atoms with Crippen LogP contribution < -0.4 is 0 Å². The summed E-state index contributed by atoms with van der Waals surface area (Å²) in [7, 11) is 0. The number of rotatable bonds is 2. The summed E-state index contributed by atoms with van der Waals surface area (Å²) in [5, 5.41) is 15.7. The van der Waals surface area contributed by atoms with Gasteiger partial charge in [-0.3, -0.25) is 4.79 Å². The zero-order chi connectivity index (χ0) is 10.2. The van der Waals surface area contributed by atoms with Gasteiger partial charge in [0.15, 0.2) is 0 Å². The molecule has 0 saturated carbocycles. The monoisotopic (exact) mass is 178 g/mol. The highest BCUT2D eigenvalue weighted by molar-refractivity contribution is 5.62. The molecular weight excluding hydrogens is 160 g/mol. The van der Waals surface area contributed by atoms with Crippen LogP contribution in [0.1, 0.15) is 27.7 Å². The van der Waals surface area contributed by atoms with Crippen molar-refractivity contribution in [3.8, 4) is 0 Å². The molecule has 0 radical (unpaired) electrons. The third-order valence-electron chi connectivity index (χ3n) is 0.626. The molecule has 4 heteroatoms. The molecule has 0 spiro atoms. The molecule has 2 N–H and O–H groups in total. The Morgan fingerprint density at radius 1 is 1.42 bits per heavy atom. The largest absolute Gasteiger partial charge is 0.481 e. The molecule has 0 heterocycles. The summed E-state index contributed by atoms with van der Waals surface area (Å²) in [6.07, 6.45) is 0. The van der Waals surface area contributed by atoms with Gasteiger partial charge in [0, 0.05) is 6.92 Å². The van der Waals surface area contributed by atoms with Gasteiger partial charge in [-0.1, -0.05) is 0 Å². The minimum atomic E-state index is -0.833. The second kappa shape index (κ2) is 7.06. The van der Waals surface area contributed by atoms with Gasteiger partial charge >= 0.3 is 0 Å². The number of carboxylic acids is 1. The second-order valence-corrected chi connectivity index (χ2v) is 3.20. The Labute approximate surface area is 73.2 Å². The van der Waals surface area contributed by atoms with Crippen molar-refractivity contribution in [2.24, 2.45) is 0 Å². The Bertz CT molecular complexity index is 111. The van der Waals surface area contributed by atoms with Gasteiger partial charge in [-0.2, -0.15) is 0 Å². The first-order valence-electron chi connectivity index (χ1n) is 3.74. The molecule has 0 amide bonds. The number of aliphatic hydroxyl groups excluding tert-OH is 1. The van der Waals surface area contributed by atoms with Crippen molar-refractivity contribution in [1.82, 2.24) is 0 Å². The third kappa shape index (κ3) is 34.3. The highest BCUT2D eigenvalue weighted by Gasteiger charge is 2.07. The maximum atomic E-state index is 9.00. The van der Waals surface area contributed by atoms with Crippen molar-refractivity contribution in [1.29, 1.82) is 0 Å². The molecule has 0 aliphatic heterocycles. The average molecular weight is 178 g/mol. The molecule has 0 aliphatic carbocycles. The Kier molecular flexibility index (Phi) is 8.21. The maximum Gasteiger partial charge on any atom is 0.300 e. The van der Waals surface area contributed by atoms with Gasteiger partial charge in [0.1, 0.15) is 0 Å². The van der Waals surface area contributed by atoms with Crippen LogP contribution in [0.4, 0.5) is 0 Å². The molecule has 0 aromatic heterocycles. The fourth-order valence-electron chi connectivity index (χ4n) is 0.352. The van der Waals surface area contributed by atoms with Gasteiger partial charge in [-0.25, -0.2) is 0 Å². The van der Waals surface area contributed by atoms with Crippen LogP contribution in [0.5, 0.6) is 0 Å². The Morgan fingerprint density at radius 2 is 1.75 bits per heavy atom. The topological polar surface area (TPSA) is 66.8 Å². The van der Waals surface area contributed by atoms with Crippen molar-refractivity contribution in [2.45, 2.75) is 33.3 Å². The van der Waals surface area contributed by atoms with Crippen LogP contribution >= 0.6 is 0 Å². The minimum Gasteiger partial charge on any atom is -0.481 e. The summed E-state index contributed by atoms with van der Waals surface area (Å²) in [6.45, 7) is 7.51. The first-order chi connectivity index (χ1) is 5.29. The first-order valence-corrected chi connectivity index (χ1v) is 3.74. The number of carboxylic acid groups (broad SMARTS) is 1. The number of hydrogen-bond donors (Lipinski definition) is 2. The van der Waals surface area contributed by atoms with E-state index in [0.29, 0.717) is 6.61 Å². The summed E-state index contributed by atoms with van der Waals surface area (Å²) in [6, 6.07) is 0. The van der Waals surface area contributed by atoms with Gasteiger partial charge in [0.05, 0.1) is 18.8 Å². The van der Waals surface area contributed by atoms with E-state index in [0.717, 1.165) is 6.92 Å². The molecule has 0 saturated heterocycles. The van der Waals surface area contributed by atoms with Gasteiger partial charge < -0.3 is 14.9 Å². The van der Waals surface area contributed by atoms with Crippen LogP contribution in [0.25, 0.3) is 0 Å². The molecule has 74 valence electrons. The molecule has 0 aromatic carbocycles. The van der Waals surface area contributed by atoms with Crippen molar-refractivity contribution < 1.29 is 19.7 Å². The summed E-state index contributed by atoms with van der Waals surface area (Å²) in [4.78, 5) is 9.00. The predicted molar refractivity (Wildman–Crippen MR) is 46.1 cm³/mol. The van der Waals surface area contributed by atoms with E-state index in [-0.39, 0.29) is 12.2 Å². The van der Waals surface area contributed by atoms with Crippen molar-refractivity contribution in [3.63, 3.8) is 0 Å². The molecule has 4 nitrogen and oxygen atoms in total. The fourth-order valence-corrected chi connectivity index (χ4v) is 0.352. The molecule has 0 unspecified atom stereocenters. The highest BCUT2D eigenvalue weighted by Crippen LogP contribution is 2.04. The average Bonchev–Trinajstić information content (AvgIpc) is 1.80. The number of aliphatic carboxylic acids is 1. The van der Waals surface area contributed by atoms with Crippen LogP contribution in [0.15, 0.2) is 0 Å². The van der Waals surface area contributed by atoms with Crippen molar-refractivity contribution >= 4 is 5.97 Å². The summed E-state index contributed by atoms with van der Waals surface area (Å²) in [5.41, 5.74) is -0.108. The molecule has 12 heavy (non-hydrogen) atoms. The number of ether oxygens (including phenoxy) is 1. The van der Waals surface area contributed by atoms with E-state index in [1.54, 1.807) is 0 Å². The van der Waals surface area contributed by atoms with E-state index in [1.165, 1.54) is 0 Å². The molecule has 0 rings (SSSR count). The SMILES string of the molecule is CC(=O)O.CC(C)(C)OCCO. The Morgan fingerprint density at radius 3 is 1.83 bits per heavy atom. The zero-order valence-corrected chi connectivity index (χ0v) is 8.13. The van der Waals surface area contributed by atoms with E-state index in [2.05, 4.69) is 0 Å². The van der Waals surface area contributed by atoms with Crippen molar-refractivity contribution in [3.05, 3.63) is 0 Å². The van der Waals surface area contributed by atoms with Crippen LogP contribution in [-0.4, -0.2) is 35.0 Å². The van der Waals surface area contributed by atoms with Gasteiger partial charge in [0.25, 0.3) is 5.97 Å². The lowest BCUT2D eigenvalue weighted by Crippen LogP contribution is -2.20. The van der Waals surface area contributed by atoms with Gasteiger partial charge in [0.2, 0.25) is 0 Å². The number of hydrogen-bond acceptors (Lipinski definition) is 3. The van der Waals surface area contributed by atoms with E-state index in [1.807, 2.05) is 20.8 Å². The molecule has 0 fully saturated rings. The van der Waals surface area contributed by atoms with Gasteiger partial charge in [-0.05, 0) is 20.8 Å². The summed E-state index contributed by atoms with van der Waals surface area (Å²) in [5.74, 6) is -0.833. The van der Waals surface area contributed by atoms with Crippen LogP contribution in [0.2, 0.25) is 0 Å². The smallest absolute Gasteiger partial charge is 0.300 e. The molecular formula is C8H18O4. The second-order valence-electron chi connectivity index (χ2n) is 3.20. The third-order valence-corrected chi connectivity index (χ3v) is 0.626. The molecule has 0 atom stereocenters. The predicted octanol–water partition coefficient (Wildman–Crippen LogP) is 0.885. The van der Waals surface area contributed by atoms with E-state index >= 15 is 0 Å². The first kappa shape index (κ1) is 13.9. The van der Waals surface area contributed by atoms with E-state index in [4.69, 9.17) is 19.7 Å². The lowest BCUT2D eigenvalue weighted by atomic mass is 10.2. The highest BCUT2D eigenvalue weighted by atomic mass is 16.5. The van der Waals surface area contributed by atoms with Crippen LogP contribution in [-0.2, 0) is 9.53 Å². The van der Waals surface area contributed by atoms with Crippen LogP contribution in [0.3, 0.4) is 0 Å². The van der Waals surface area contributed by atoms with E-state index in [9.17, 15) is 0 Å². The summed E-state index contributed by atoms with van der Waals surface area (Å²) >= 11 is 0. The lowest BCUT2D eigenvalue weighted by Gasteiger charge is -2.18.